The molecule has 0 bridgehead atoms. The topological polar surface area (TPSA) is 82.7 Å². The first-order chi connectivity index (χ1) is 14.7. The number of pyridine rings is 2. The van der Waals surface area contributed by atoms with E-state index in [1.807, 2.05) is 48.8 Å². The Kier molecular flexibility index (Phi) is 6.41. The maximum Gasteiger partial charge on any atom is 0.191 e. The lowest BCUT2D eigenvalue weighted by Gasteiger charge is -2.34. The normalized spacial score (nSPS) is 15.5. The second-order valence-electron chi connectivity index (χ2n) is 7.69. The van der Waals surface area contributed by atoms with Crippen LogP contribution in [0.1, 0.15) is 30.8 Å². The van der Waals surface area contributed by atoms with Crippen LogP contribution in [0.5, 0.6) is 0 Å². The molecular weight excluding hydrogens is 376 g/mol. The maximum absolute atomic E-state index is 4.65. The summed E-state index contributed by atoms with van der Waals surface area (Å²) in [5.74, 6) is 2.94. The number of aryl methyl sites for hydroxylation is 2. The van der Waals surface area contributed by atoms with E-state index in [-0.39, 0.29) is 0 Å². The fourth-order valence-electron chi connectivity index (χ4n) is 3.86. The zero-order valence-corrected chi connectivity index (χ0v) is 17.8. The van der Waals surface area contributed by atoms with Crippen LogP contribution in [0.25, 0.3) is 5.65 Å². The van der Waals surface area contributed by atoms with Gasteiger partial charge in [0, 0.05) is 51.0 Å². The van der Waals surface area contributed by atoms with Gasteiger partial charge in [-0.05, 0) is 50.5 Å². The molecule has 1 aliphatic heterocycles. The highest BCUT2D eigenvalue weighted by molar-refractivity contribution is 5.79. The van der Waals surface area contributed by atoms with Crippen molar-refractivity contribution in [3.8, 4) is 0 Å². The van der Waals surface area contributed by atoms with Crippen LogP contribution in [0, 0.1) is 6.92 Å². The Balaban J connectivity index is 1.20. The summed E-state index contributed by atoms with van der Waals surface area (Å²) in [6.07, 6.45) is 5.99. The zero-order chi connectivity index (χ0) is 20.8. The molecule has 0 aromatic carbocycles. The number of nitrogens with zero attached hydrogens (tertiary/aromatic N) is 6. The summed E-state index contributed by atoms with van der Waals surface area (Å²) in [7, 11) is 1.83. The van der Waals surface area contributed by atoms with Crippen LogP contribution in [-0.2, 0) is 6.42 Å². The van der Waals surface area contributed by atoms with E-state index in [1.165, 1.54) is 0 Å². The lowest BCUT2D eigenvalue weighted by molar-refractivity contribution is 0.459. The Labute approximate surface area is 177 Å². The van der Waals surface area contributed by atoms with Crippen LogP contribution >= 0.6 is 0 Å². The monoisotopic (exact) mass is 406 g/mol. The van der Waals surface area contributed by atoms with Crippen molar-refractivity contribution in [2.45, 2.75) is 38.6 Å². The molecule has 0 amide bonds. The standard InChI is InChI=1S/C22H30N8/c1-17-7-5-9-19(25-17)29-15-11-18(12-16-29)26-22(23-2)24-13-6-10-21-28-27-20-8-3-4-14-30(20)21/h3-5,7-9,14,18H,6,10-13,15-16H2,1-2H3,(H2,23,24,26). The number of hydrogen-bond acceptors (Lipinski definition) is 5. The number of anilines is 1. The van der Waals surface area contributed by atoms with E-state index >= 15 is 0 Å². The van der Waals surface area contributed by atoms with Crippen LogP contribution in [0.2, 0.25) is 0 Å². The van der Waals surface area contributed by atoms with Crippen LogP contribution in [0.4, 0.5) is 5.82 Å². The van der Waals surface area contributed by atoms with Gasteiger partial charge in [0.05, 0.1) is 0 Å². The summed E-state index contributed by atoms with van der Waals surface area (Å²) in [6.45, 7) is 4.89. The van der Waals surface area contributed by atoms with Gasteiger partial charge in [-0.25, -0.2) is 4.98 Å². The van der Waals surface area contributed by atoms with Gasteiger partial charge in [-0.2, -0.15) is 0 Å². The smallest absolute Gasteiger partial charge is 0.191 e. The quantitative estimate of drug-likeness (QED) is 0.371. The molecule has 0 spiro atoms. The molecule has 1 saturated heterocycles. The molecule has 1 aliphatic rings. The van der Waals surface area contributed by atoms with Gasteiger partial charge in [-0.3, -0.25) is 9.39 Å². The van der Waals surface area contributed by atoms with E-state index in [1.54, 1.807) is 0 Å². The maximum atomic E-state index is 4.65. The molecule has 4 heterocycles. The minimum Gasteiger partial charge on any atom is -0.356 e. The second kappa shape index (κ2) is 9.56. The van der Waals surface area contributed by atoms with Crippen molar-refractivity contribution in [3.63, 3.8) is 0 Å². The first-order valence-corrected chi connectivity index (χ1v) is 10.7. The van der Waals surface area contributed by atoms with Gasteiger partial charge in [-0.1, -0.05) is 12.1 Å². The van der Waals surface area contributed by atoms with Gasteiger partial charge in [0.1, 0.15) is 11.6 Å². The molecular formula is C22H30N8. The Morgan fingerprint density at radius 1 is 1.13 bits per heavy atom. The van der Waals surface area contributed by atoms with Crippen LogP contribution < -0.4 is 15.5 Å². The Morgan fingerprint density at radius 2 is 2.00 bits per heavy atom. The Bertz CT molecular complexity index is 987. The van der Waals surface area contributed by atoms with Crippen molar-refractivity contribution in [2.24, 2.45) is 4.99 Å². The van der Waals surface area contributed by atoms with Crippen LogP contribution in [0.3, 0.4) is 0 Å². The van der Waals surface area contributed by atoms with Crippen molar-refractivity contribution >= 4 is 17.4 Å². The molecule has 3 aromatic heterocycles. The van der Waals surface area contributed by atoms with E-state index < -0.39 is 0 Å². The molecule has 8 nitrogen and oxygen atoms in total. The number of rotatable bonds is 6. The molecule has 0 atom stereocenters. The van der Waals surface area contributed by atoms with Crippen molar-refractivity contribution in [2.75, 3.05) is 31.6 Å². The molecule has 0 unspecified atom stereocenters. The van der Waals surface area contributed by atoms with Crippen LogP contribution in [-0.4, -0.2) is 58.3 Å². The lowest BCUT2D eigenvalue weighted by Crippen LogP contribution is -2.49. The summed E-state index contributed by atoms with van der Waals surface area (Å²) < 4.78 is 2.05. The summed E-state index contributed by atoms with van der Waals surface area (Å²) >= 11 is 0. The number of guanidine groups is 1. The largest absolute Gasteiger partial charge is 0.356 e. The third-order valence-electron chi connectivity index (χ3n) is 5.51. The number of fused-ring (bicyclic) bond motifs is 1. The number of aliphatic imine (C=N–C) groups is 1. The first kappa shape index (κ1) is 20.1. The van der Waals surface area contributed by atoms with Gasteiger partial charge in [-0.15, -0.1) is 10.2 Å². The van der Waals surface area contributed by atoms with E-state index in [2.05, 4.69) is 47.8 Å². The lowest BCUT2D eigenvalue weighted by atomic mass is 10.1. The fraction of sp³-hybridized carbons (Fsp3) is 0.455. The Hall–Kier alpha value is -3.16. The van der Waals surface area contributed by atoms with Gasteiger partial charge >= 0.3 is 0 Å². The predicted octanol–water partition coefficient (Wildman–Crippen LogP) is 2.20. The van der Waals surface area contributed by atoms with Gasteiger partial charge in [0.2, 0.25) is 0 Å². The average Bonchev–Trinajstić information content (AvgIpc) is 3.19. The highest BCUT2D eigenvalue weighted by Crippen LogP contribution is 2.18. The summed E-state index contributed by atoms with van der Waals surface area (Å²) in [6, 6.07) is 12.6. The molecule has 4 rings (SSSR count). The molecule has 30 heavy (non-hydrogen) atoms. The van der Waals surface area contributed by atoms with Gasteiger partial charge in [0.15, 0.2) is 11.6 Å². The highest BCUT2D eigenvalue weighted by atomic mass is 15.2. The number of nitrogens with one attached hydrogen (secondary N) is 2. The fourth-order valence-corrected chi connectivity index (χ4v) is 3.86. The minimum absolute atomic E-state index is 0.428. The van der Waals surface area contributed by atoms with E-state index in [9.17, 15) is 0 Å². The molecule has 2 N–H and O–H groups in total. The highest BCUT2D eigenvalue weighted by Gasteiger charge is 2.20. The molecule has 0 radical (unpaired) electrons. The summed E-state index contributed by atoms with van der Waals surface area (Å²) in [5, 5.41) is 15.5. The van der Waals surface area contributed by atoms with Crippen molar-refractivity contribution in [1.82, 2.24) is 30.2 Å². The number of piperidine rings is 1. The molecule has 0 aliphatic carbocycles. The molecule has 1 fully saturated rings. The number of aromatic nitrogens is 4. The van der Waals surface area contributed by atoms with E-state index in [0.717, 1.165) is 74.3 Å². The van der Waals surface area contributed by atoms with Crippen LogP contribution in [0.15, 0.2) is 47.6 Å². The van der Waals surface area contributed by atoms with Crippen molar-refractivity contribution in [3.05, 3.63) is 54.1 Å². The second-order valence-corrected chi connectivity index (χ2v) is 7.69. The summed E-state index contributed by atoms with van der Waals surface area (Å²) in [5.41, 5.74) is 1.96. The zero-order valence-electron chi connectivity index (χ0n) is 17.8. The summed E-state index contributed by atoms with van der Waals surface area (Å²) in [4.78, 5) is 11.4. The van der Waals surface area contributed by atoms with Gasteiger partial charge < -0.3 is 15.5 Å². The SMILES string of the molecule is CN=C(NCCCc1nnc2ccccn12)NC1CCN(c2cccc(C)n2)CC1. The molecule has 3 aromatic rings. The number of hydrogen-bond donors (Lipinski definition) is 2. The van der Waals surface area contributed by atoms with Crippen molar-refractivity contribution in [1.29, 1.82) is 0 Å². The van der Waals surface area contributed by atoms with E-state index in [4.69, 9.17) is 0 Å². The molecule has 158 valence electrons. The third-order valence-corrected chi connectivity index (χ3v) is 5.51. The first-order valence-electron chi connectivity index (χ1n) is 10.7. The molecule has 8 heteroatoms. The van der Waals surface area contributed by atoms with E-state index in [0.29, 0.717) is 6.04 Å². The Morgan fingerprint density at radius 3 is 2.80 bits per heavy atom. The third kappa shape index (κ3) is 4.87. The van der Waals surface area contributed by atoms with Crippen molar-refractivity contribution < 1.29 is 0 Å². The van der Waals surface area contributed by atoms with Gasteiger partial charge in [0.25, 0.3) is 0 Å². The molecule has 0 saturated carbocycles. The predicted molar refractivity (Wildman–Crippen MR) is 120 cm³/mol. The minimum atomic E-state index is 0.428. The average molecular weight is 407 g/mol.